The van der Waals surface area contributed by atoms with Gasteiger partial charge in [-0.1, -0.05) is 17.7 Å². The Balaban J connectivity index is 2.24. The zero-order valence-corrected chi connectivity index (χ0v) is 10.0. The lowest BCUT2D eigenvalue weighted by atomic mass is 10.0. The van der Waals surface area contributed by atoms with Crippen LogP contribution in [-0.2, 0) is 0 Å². The Bertz CT molecular complexity index is 376. The maximum atomic E-state index is 13.8. The molecule has 1 aliphatic rings. The molecule has 2 rings (SSSR count). The Morgan fingerprint density at radius 2 is 2.06 bits per heavy atom. The molecule has 0 unspecified atom stereocenters. The van der Waals surface area contributed by atoms with Crippen LogP contribution in [0.3, 0.4) is 0 Å². The molecule has 1 fully saturated rings. The number of nitrogens with one attached hydrogen (secondary N) is 1. The summed E-state index contributed by atoms with van der Waals surface area (Å²) in [5, 5.41) is 3.21. The average Bonchev–Trinajstić information content (AvgIpc) is 2.36. The molecule has 0 radical (unpaired) electrons. The van der Waals surface area contributed by atoms with Crippen molar-refractivity contribution in [2.45, 2.75) is 13.0 Å². The third-order valence-electron chi connectivity index (χ3n) is 3.25. The summed E-state index contributed by atoms with van der Waals surface area (Å²) in [6.07, 6.45) is 0. The average molecular weight is 240 g/mol. The highest BCUT2D eigenvalue weighted by atomic mass is 19.1. The van der Waals surface area contributed by atoms with Crippen molar-refractivity contribution in [1.29, 1.82) is 0 Å². The quantitative estimate of drug-likeness (QED) is 0.870. The fraction of sp³-hybridized carbons (Fsp3) is 0.538. The fourth-order valence-electron chi connectivity index (χ4n) is 2.29. The predicted octanol–water partition coefficient (Wildman–Crippen LogP) is 2.05. The van der Waals surface area contributed by atoms with Gasteiger partial charge in [0.2, 0.25) is 0 Å². The highest BCUT2D eigenvalue weighted by Crippen LogP contribution is 2.25. The zero-order valence-electron chi connectivity index (χ0n) is 10.0. The van der Waals surface area contributed by atoms with Crippen molar-refractivity contribution in [2.24, 2.45) is 0 Å². The molecule has 1 saturated heterocycles. The normalized spacial score (nSPS) is 19.2. The minimum absolute atomic E-state index is 0.309. The van der Waals surface area contributed by atoms with E-state index in [-0.39, 0.29) is 5.82 Å². The monoisotopic (exact) mass is 240 g/mol. The SMILES string of the molecule is Cc1ccc(F)c([C@@H](CF)N2CCNCC2)c1. The summed E-state index contributed by atoms with van der Waals surface area (Å²) in [4.78, 5) is 2.01. The summed E-state index contributed by atoms with van der Waals surface area (Å²) >= 11 is 0. The van der Waals surface area contributed by atoms with Gasteiger partial charge >= 0.3 is 0 Å². The molecule has 1 atom stereocenters. The van der Waals surface area contributed by atoms with Gasteiger partial charge in [0.1, 0.15) is 12.5 Å². The molecule has 2 nitrogen and oxygen atoms in total. The van der Waals surface area contributed by atoms with Crippen LogP contribution in [0.1, 0.15) is 17.2 Å². The van der Waals surface area contributed by atoms with E-state index in [9.17, 15) is 8.78 Å². The zero-order chi connectivity index (χ0) is 12.3. The van der Waals surface area contributed by atoms with Crippen LogP contribution in [0.2, 0.25) is 0 Å². The molecule has 1 aliphatic heterocycles. The fourth-order valence-corrected chi connectivity index (χ4v) is 2.29. The molecular weight excluding hydrogens is 222 g/mol. The van der Waals surface area contributed by atoms with Gasteiger partial charge in [0.25, 0.3) is 0 Å². The minimum Gasteiger partial charge on any atom is -0.314 e. The molecule has 0 bridgehead atoms. The highest BCUT2D eigenvalue weighted by molar-refractivity contribution is 5.27. The maximum Gasteiger partial charge on any atom is 0.128 e. The number of hydrogen-bond acceptors (Lipinski definition) is 2. The van der Waals surface area contributed by atoms with E-state index >= 15 is 0 Å². The lowest BCUT2D eigenvalue weighted by Gasteiger charge is -2.33. The van der Waals surface area contributed by atoms with E-state index in [4.69, 9.17) is 0 Å². The van der Waals surface area contributed by atoms with Crippen molar-refractivity contribution in [1.82, 2.24) is 10.2 Å². The van der Waals surface area contributed by atoms with E-state index in [1.807, 2.05) is 11.8 Å². The molecule has 1 heterocycles. The van der Waals surface area contributed by atoms with E-state index in [1.165, 1.54) is 6.07 Å². The van der Waals surface area contributed by atoms with Gasteiger partial charge in [-0.25, -0.2) is 8.78 Å². The molecule has 1 aromatic carbocycles. The van der Waals surface area contributed by atoms with Gasteiger partial charge in [0.05, 0.1) is 6.04 Å². The molecule has 1 N–H and O–H groups in total. The smallest absolute Gasteiger partial charge is 0.128 e. The first-order valence-corrected chi connectivity index (χ1v) is 5.99. The van der Waals surface area contributed by atoms with Crippen LogP contribution in [0.25, 0.3) is 0 Å². The van der Waals surface area contributed by atoms with Crippen molar-refractivity contribution in [3.8, 4) is 0 Å². The van der Waals surface area contributed by atoms with Crippen LogP contribution >= 0.6 is 0 Å². The first-order chi connectivity index (χ1) is 8.22. The Hall–Kier alpha value is -1.00. The van der Waals surface area contributed by atoms with Crippen LogP contribution in [0.15, 0.2) is 18.2 Å². The summed E-state index contributed by atoms with van der Waals surface area (Å²) in [5.41, 5.74) is 1.45. The number of nitrogens with zero attached hydrogens (tertiary/aromatic N) is 1. The Morgan fingerprint density at radius 3 is 2.71 bits per heavy atom. The number of benzene rings is 1. The molecule has 0 spiro atoms. The van der Waals surface area contributed by atoms with Crippen LogP contribution in [0, 0.1) is 12.7 Å². The maximum absolute atomic E-state index is 13.8. The third-order valence-corrected chi connectivity index (χ3v) is 3.25. The Morgan fingerprint density at radius 1 is 1.35 bits per heavy atom. The number of aryl methyl sites for hydroxylation is 1. The first-order valence-electron chi connectivity index (χ1n) is 5.99. The van der Waals surface area contributed by atoms with E-state index < -0.39 is 12.7 Å². The van der Waals surface area contributed by atoms with Gasteiger partial charge in [-0.3, -0.25) is 4.90 Å². The third kappa shape index (κ3) is 2.82. The molecular formula is C13H18F2N2. The first kappa shape index (κ1) is 12.5. The van der Waals surface area contributed by atoms with E-state index in [1.54, 1.807) is 12.1 Å². The summed E-state index contributed by atoms with van der Waals surface area (Å²) in [6.45, 7) is 4.56. The topological polar surface area (TPSA) is 15.3 Å². The summed E-state index contributed by atoms with van der Waals surface area (Å²) in [6, 6.07) is 4.44. The van der Waals surface area contributed by atoms with Gasteiger partial charge in [-0.05, 0) is 13.0 Å². The molecule has 0 amide bonds. The van der Waals surface area contributed by atoms with Crippen molar-refractivity contribution in [2.75, 3.05) is 32.9 Å². The summed E-state index contributed by atoms with van der Waals surface area (Å²) in [5.74, 6) is -0.309. The second-order valence-electron chi connectivity index (χ2n) is 4.48. The van der Waals surface area contributed by atoms with Gasteiger partial charge in [-0.2, -0.15) is 0 Å². The Kier molecular flexibility index (Phi) is 4.07. The van der Waals surface area contributed by atoms with Crippen molar-refractivity contribution in [3.63, 3.8) is 0 Å². The number of alkyl halides is 1. The number of rotatable bonds is 3. The van der Waals surface area contributed by atoms with E-state index in [0.29, 0.717) is 5.56 Å². The van der Waals surface area contributed by atoms with Gasteiger partial charge in [-0.15, -0.1) is 0 Å². The van der Waals surface area contributed by atoms with Gasteiger partial charge in [0.15, 0.2) is 0 Å². The highest BCUT2D eigenvalue weighted by Gasteiger charge is 2.24. The standard InChI is InChI=1S/C13H18F2N2/c1-10-2-3-12(15)11(8-10)13(9-14)17-6-4-16-5-7-17/h2-3,8,13,16H,4-7,9H2,1H3/t13-/m1/s1. The second-order valence-corrected chi connectivity index (χ2v) is 4.48. The molecule has 0 aromatic heterocycles. The number of halogens is 2. The molecule has 94 valence electrons. The predicted molar refractivity (Wildman–Crippen MR) is 64.3 cm³/mol. The molecule has 1 aromatic rings. The van der Waals surface area contributed by atoms with Crippen LogP contribution < -0.4 is 5.32 Å². The molecule has 4 heteroatoms. The minimum atomic E-state index is -0.541. The lowest BCUT2D eigenvalue weighted by molar-refractivity contribution is 0.144. The van der Waals surface area contributed by atoms with Gasteiger partial charge in [0, 0.05) is 31.7 Å². The van der Waals surface area contributed by atoms with Crippen LogP contribution in [0.5, 0.6) is 0 Å². The van der Waals surface area contributed by atoms with Crippen molar-refractivity contribution < 1.29 is 8.78 Å². The molecule has 0 aliphatic carbocycles. The van der Waals surface area contributed by atoms with Gasteiger partial charge < -0.3 is 5.32 Å². The lowest BCUT2D eigenvalue weighted by Crippen LogP contribution is -2.45. The van der Waals surface area contributed by atoms with Crippen LogP contribution in [-0.4, -0.2) is 37.8 Å². The largest absolute Gasteiger partial charge is 0.314 e. The summed E-state index contributed by atoms with van der Waals surface area (Å²) < 4.78 is 27.0. The number of piperazine rings is 1. The van der Waals surface area contributed by atoms with E-state index in [0.717, 1.165) is 31.7 Å². The van der Waals surface area contributed by atoms with Crippen molar-refractivity contribution in [3.05, 3.63) is 35.1 Å². The Labute approximate surface area is 101 Å². The van der Waals surface area contributed by atoms with E-state index in [2.05, 4.69) is 5.32 Å². The summed E-state index contributed by atoms with van der Waals surface area (Å²) in [7, 11) is 0. The molecule has 17 heavy (non-hydrogen) atoms. The number of hydrogen-bond donors (Lipinski definition) is 1. The van der Waals surface area contributed by atoms with Crippen LogP contribution in [0.4, 0.5) is 8.78 Å². The molecule has 0 saturated carbocycles. The van der Waals surface area contributed by atoms with Crippen molar-refractivity contribution >= 4 is 0 Å². The second kappa shape index (κ2) is 5.56.